The van der Waals surface area contributed by atoms with E-state index in [4.69, 9.17) is 5.10 Å². The SMILES string of the molecule is CC(C)NCC(C)C(C)Cc1ccn(C2CCCCC2)n1. The molecule has 0 aromatic carbocycles. The molecule has 1 aliphatic carbocycles. The topological polar surface area (TPSA) is 29.9 Å². The minimum Gasteiger partial charge on any atom is -0.314 e. The van der Waals surface area contributed by atoms with Crippen molar-refractivity contribution in [2.75, 3.05) is 6.54 Å². The summed E-state index contributed by atoms with van der Waals surface area (Å²) in [5.41, 5.74) is 1.27. The first-order valence-corrected chi connectivity index (χ1v) is 8.83. The van der Waals surface area contributed by atoms with Gasteiger partial charge in [-0.2, -0.15) is 5.10 Å². The van der Waals surface area contributed by atoms with E-state index in [1.807, 2.05) is 0 Å². The molecule has 1 aromatic rings. The molecule has 1 heterocycles. The minimum absolute atomic E-state index is 0.574. The Kier molecular flexibility index (Phi) is 6.28. The predicted molar refractivity (Wildman–Crippen MR) is 89.5 cm³/mol. The lowest BCUT2D eigenvalue weighted by molar-refractivity contribution is 0.322. The standard InChI is InChI=1S/C18H33N3/c1-14(2)19-13-16(4)15(3)12-17-10-11-21(20-17)18-8-6-5-7-9-18/h10-11,14-16,18-19H,5-9,12-13H2,1-4H3. The Morgan fingerprint density at radius 1 is 1.14 bits per heavy atom. The predicted octanol–water partition coefficient (Wildman–Crippen LogP) is 4.20. The Hall–Kier alpha value is -0.830. The summed E-state index contributed by atoms with van der Waals surface area (Å²) in [4.78, 5) is 0. The molecule has 0 spiro atoms. The Bertz CT molecular complexity index is 404. The van der Waals surface area contributed by atoms with Gasteiger partial charge in [0, 0.05) is 12.2 Å². The van der Waals surface area contributed by atoms with Crippen molar-refractivity contribution in [2.24, 2.45) is 11.8 Å². The van der Waals surface area contributed by atoms with Gasteiger partial charge in [0.25, 0.3) is 0 Å². The molecule has 3 heteroatoms. The lowest BCUT2D eigenvalue weighted by Gasteiger charge is -2.22. The second-order valence-electron chi connectivity index (χ2n) is 7.30. The second kappa shape index (κ2) is 7.98. The van der Waals surface area contributed by atoms with Crippen LogP contribution in [-0.4, -0.2) is 22.4 Å². The van der Waals surface area contributed by atoms with Gasteiger partial charge in [-0.15, -0.1) is 0 Å². The third-order valence-electron chi connectivity index (χ3n) is 4.96. The van der Waals surface area contributed by atoms with Crippen molar-refractivity contribution < 1.29 is 0 Å². The van der Waals surface area contributed by atoms with Gasteiger partial charge in [-0.3, -0.25) is 4.68 Å². The average Bonchev–Trinajstić information content (AvgIpc) is 2.94. The molecule has 3 nitrogen and oxygen atoms in total. The third kappa shape index (κ3) is 5.14. The van der Waals surface area contributed by atoms with Crippen molar-refractivity contribution in [1.29, 1.82) is 0 Å². The lowest BCUT2D eigenvalue weighted by Crippen LogP contribution is -2.31. The average molecular weight is 291 g/mol. The van der Waals surface area contributed by atoms with Gasteiger partial charge in [0.05, 0.1) is 11.7 Å². The van der Waals surface area contributed by atoms with E-state index in [2.05, 4.69) is 50.0 Å². The van der Waals surface area contributed by atoms with Crippen molar-refractivity contribution in [3.05, 3.63) is 18.0 Å². The molecule has 1 saturated carbocycles. The number of nitrogens with one attached hydrogen (secondary N) is 1. The number of rotatable bonds is 7. The first kappa shape index (κ1) is 16.5. The Morgan fingerprint density at radius 3 is 2.52 bits per heavy atom. The molecule has 0 aliphatic heterocycles. The first-order valence-electron chi connectivity index (χ1n) is 8.83. The van der Waals surface area contributed by atoms with Crippen LogP contribution in [0.2, 0.25) is 0 Å². The molecular formula is C18H33N3. The molecule has 1 N–H and O–H groups in total. The van der Waals surface area contributed by atoms with E-state index >= 15 is 0 Å². The van der Waals surface area contributed by atoms with Gasteiger partial charge in [-0.05, 0) is 43.7 Å². The van der Waals surface area contributed by atoms with Crippen molar-refractivity contribution in [1.82, 2.24) is 15.1 Å². The Balaban J connectivity index is 1.83. The minimum atomic E-state index is 0.574. The monoisotopic (exact) mass is 291 g/mol. The summed E-state index contributed by atoms with van der Waals surface area (Å²) in [6, 6.07) is 3.46. The maximum Gasteiger partial charge on any atom is 0.0627 e. The van der Waals surface area contributed by atoms with Crippen LogP contribution in [0.4, 0.5) is 0 Å². The van der Waals surface area contributed by atoms with Gasteiger partial charge in [0.2, 0.25) is 0 Å². The van der Waals surface area contributed by atoms with E-state index in [-0.39, 0.29) is 0 Å². The highest BCUT2D eigenvalue weighted by Crippen LogP contribution is 2.27. The summed E-state index contributed by atoms with van der Waals surface area (Å²) in [5, 5.41) is 8.39. The molecule has 21 heavy (non-hydrogen) atoms. The molecule has 120 valence electrons. The maximum atomic E-state index is 4.85. The zero-order valence-corrected chi connectivity index (χ0v) is 14.3. The molecule has 2 unspecified atom stereocenters. The van der Waals surface area contributed by atoms with Crippen LogP contribution in [0.5, 0.6) is 0 Å². The lowest BCUT2D eigenvalue weighted by atomic mass is 9.91. The van der Waals surface area contributed by atoms with Crippen molar-refractivity contribution >= 4 is 0 Å². The largest absolute Gasteiger partial charge is 0.314 e. The fourth-order valence-electron chi connectivity index (χ4n) is 3.19. The molecule has 1 aliphatic rings. The van der Waals surface area contributed by atoms with Crippen LogP contribution in [0.15, 0.2) is 12.3 Å². The smallest absolute Gasteiger partial charge is 0.0627 e. The normalized spacial score (nSPS) is 19.9. The molecule has 0 radical (unpaired) electrons. The molecule has 0 amide bonds. The molecule has 0 saturated heterocycles. The third-order valence-corrected chi connectivity index (χ3v) is 4.96. The molecule has 1 fully saturated rings. The van der Waals surface area contributed by atoms with Gasteiger partial charge >= 0.3 is 0 Å². The van der Waals surface area contributed by atoms with Gasteiger partial charge in [-0.25, -0.2) is 0 Å². The van der Waals surface area contributed by atoms with Gasteiger partial charge in [0.1, 0.15) is 0 Å². The molecule has 1 aromatic heterocycles. The fraction of sp³-hybridized carbons (Fsp3) is 0.833. The van der Waals surface area contributed by atoms with E-state index in [1.165, 1.54) is 37.8 Å². The van der Waals surface area contributed by atoms with Crippen molar-refractivity contribution in [2.45, 2.75) is 78.3 Å². The van der Waals surface area contributed by atoms with Crippen LogP contribution in [0.1, 0.15) is 71.5 Å². The van der Waals surface area contributed by atoms with Crippen LogP contribution in [0.25, 0.3) is 0 Å². The highest BCUT2D eigenvalue weighted by Gasteiger charge is 2.18. The van der Waals surface area contributed by atoms with E-state index in [0.717, 1.165) is 13.0 Å². The van der Waals surface area contributed by atoms with Crippen molar-refractivity contribution in [3.8, 4) is 0 Å². The first-order chi connectivity index (χ1) is 10.1. The van der Waals surface area contributed by atoms with Crippen LogP contribution in [-0.2, 0) is 6.42 Å². The number of aromatic nitrogens is 2. The Morgan fingerprint density at radius 2 is 1.86 bits per heavy atom. The Labute approximate surface area is 130 Å². The van der Waals surface area contributed by atoms with Gasteiger partial charge in [-0.1, -0.05) is 47.0 Å². The highest BCUT2D eigenvalue weighted by molar-refractivity contribution is 5.01. The summed E-state index contributed by atoms with van der Waals surface area (Å²) in [6.07, 6.45) is 10.1. The van der Waals surface area contributed by atoms with Crippen LogP contribution < -0.4 is 5.32 Å². The molecule has 2 rings (SSSR count). The summed E-state index contributed by atoms with van der Waals surface area (Å²) < 4.78 is 2.23. The molecule has 0 bridgehead atoms. The number of hydrogen-bond donors (Lipinski definition) is 1. The number of hydrogen-bond acceptors (Lipinski definition) is 2. The zero-order chi connectivity index (χ0) is 15.2. The van der Waals surface area contributed by atoms with E-state index in [1.54, 1.807) is 0 Å². The number of nitrogens with zero attached hydrogens (tertiary/aromatic N) is 2. The summed E-state index contributed by atoms with van der Waals surface area (Å²) in [5.74, 6) is 1.36. The zero-order valence-electron chi connectivity index (χ0n) is 14.3. The van der Waals surface area contributed by atoms with Gasteiger partial charge in [0.15, 0.2) is 0 Å². The van der Waals surface area contributed by atoms with Crippen LogP contribution >= 0.6 is 0 Å². The van der Waals surface area contributed by atoms with E-state index < -0.39 is 0 Å². The summed E-state index contributed by atoms with van der Waals surface area (Å²) >= 11 is 0. The van der Waals surface area contributed by atoms with Crippen LogP contribution in [0.3, 0.4) is 0 Å². The second-order valence-corrected chi connectivity index (χ2v) is 7.30. The highest BCUT2D eigenvalue weighted by atomic mass is 15.3. The maximum absolute atomic E-state index is 4.85. The van der Waals surface area contributed by atoms with E-state index in [9.17, 15) is 0 Å². The summed E-state index contributed by atoms with van der Waals surface area (Å²) in [6.45, 7) is 10.2. The quantitative estimate of drug-likeness (QED) is 0.816. The van der Waals surface area contributed by atoms with Gasteiger partial charge < -0.3 is 5.32 Å². The van der Waals surface area contributed by atoms with E-state index in [0.29, 0.717) is 23.9 Å². The van der Waals surface area contributed by atoms with Crippen molar-refractivity contribution in [3.63, 3.8) is 0 Å². The summed E-state index contributed by atoms with van der Waals surface area (Å²) in [7, 11) is 0. The van der Waals surface area contributed by atoms with Crippen LogP contribution in [0, 0.1) is 11.8 Å². The molecule has 2 atom stereocenters. The molecular weight excluding hydrogens is 258 g/mol. The fourth-order valence-corrected chi connectivity index (χ4v) is 3.19.